The maximum Gasteiger partial charge on any atom is 0.119 e. The Balaban J connectivity index is 1.67. The Hall–Kier alpha value is -1.84. The van der Waals surface area contributed by atoms with Crippen LogP contribution in [-0.4, -0.2) is 31.1 Å². The summed E-state index contributed by atoms with van der Waals surface area (Å²) in [5, 5.41) is 3.46. The van der Waals surface area contributed by atoms with Gasteiger partial charge in [-0.25, -0.2) is 0 Å². The van der Waals surface area contributed by atoms with Gasteiger partial charge in [-0.15, -0.1) is 0 Å². The van der Waals surface area contributed by atoms with E-state index in [0.29, 0.717) is 18.6 Å². The molecule has 3 rings (SSSR count). The van der Waals surface area contributed by atoms with Gasteiger partial charge in [-0.1, -0.05) is 62.7 Å². The molecule has 0 bridgehead atoms. The van der Waals surface area contributed by atoms with Crippen molar-refractivity contribution in [1.82, 2.24) is 10.2 Å². The topological polar surface area (TPSA) is 24.5 Å². The fourth-order valence-corrected chi connectivity index (χ4v) is 3.58. The molecule has 0 aliphatic carbocycles. The Labute approximate surface area is 152 Å². The number of benzene rings is 2. The van der Waals surface area contributed by atoms with Crippen molar-refractivity contribution in [1.29, 1.82) is 0 Å². The van der Waals surface area contributed by atoms with Crippen LogP contribution < -0.4 is 10.1 Å². The van der Waals surface area contributed by atoms with Crippen molar-refractivity contribution in [2.24, 2.45) is 5.92 Å². The summed E-state index contributed by atoms with van der Waals surface area (Å²) < 4.78 is 5.94. The molecule has 0 aromatic heterocycles. The van der Waals surface area contributed by atoms with Crippen LogP contribution in [0.3, 0.4) is 0 Å². The van der Waals surface area contributed by atoms with Gasteiger partial charge in [0.05, 0.1) is 0 Å². The van der Waals surface area contributed by atoms with Gasteiger partial charge in [0.2, 0.25) is 0 Å². The van der Waals surface area contributed by atoms with E-state index in [-0.39, 0.29) is 0 Å². The second kappa shape index (κ2) is 9.02. The third kappa shape index (κ3) is 4.83. The molecule has 1 aliphatic heterocycles. The molecule has 1 aliphatic rings. The first-order valence-electron chi connectivity index (χ1n) is 9.49. The van der Waals surface area contributed by atoms with E-state index in [1.165, 1.54) is 17.5 Å². The molecular formula is C22H30N2O. The molecule has 1 fully saturated rings. The number of rotatable bonds is 7. The molecule has 2 atom stereocenters. The zero-order valence-corrected chi connectivity index (χ0v) is 15.4. The van der Waals surface area contributed by atoms with Crippen molar-refractivity contribution < 1.29 is 4.74 Å². The quantitative estimate of drug-likeness (QED) is 0.816. The smallest absolute Gasteiger partial charge is 0.119 e. The molecule has 25 heavy (non-hydrogen) atoms. The van der Waals surface area contributed by atoms with E-state index >= 15 is 0 Å². The lowest BCUT2D eigenvalue weighted by Crippen LogP contribution is -2.46. The van der Waals surface area contributed by atoms with Crippen LogP contribution in [0.25, 0.3) is 0 Å². The van der Waals surface area contributed by atoms with E-state index in [4.69, 9.17) is 4.74 Å². The maximum atomic E-state index is 5.94. The largest absolute Gasteiger partial charge is 0.489 e. The lowest BCUT2D eigenvalue weighted by Gasteiger charge is -2.38. The van der Waals surface area contributed by atoms with Crippen LogP contribution in [0.1, 0.15) is 37.4 Å². The second-order valence-electron chi connectivity index (χ2n) is 6.96. The molecule has 1 N–H and O–H groups in total. The fourth-order valence-electron chi connectivity index (χ4n) is 3.58. The van der Waals surface area contributed by atoms with Gasteiger partial charge in [-0.05, 0) is 29.2 Å². The third-order valence-electron chi connectivity index (χ3n) is 5.20. The maximum absolute atomic E-state index is 5.94. The van der Waals surface area contributed by atoms with Gasteiger partial charge >= 0.3 is 0 Å². The van der Waals surface area contributed by atoms with E-state index in [1.807, 2.05) is 18.2 Å². The minimum atomic E-state index is 0.496. The van der Waals surface area contributed by atoms with Crippen LogP contribution in [0.15, 0.2) is 54.6 Å². The predicted molar refractivity (Wildman–Crippen MR) is 104 cm³/mol. The van der Waals surface area contributed by atoms with Crippen LogP contribution in [0, 0.1) is 5.92 Å². The van der Waals surface area contributed by atoms with Gasteiger partial charge in [-0.3, -0.25) is 4.90 Å². The molecule has 3 nitrogen and oxygen atoms in total. The highest BCUT2D eigenvalue weighted by atomic mass is 16.5. The molecule has 1 saturated heterocycles. The molecule has 0 spiro atoms. The molecule has 2 aromatic rings. The Bertz CT molecular complexity index is 620. The van der Waals surface area contributed by atoms with Crippen LogP contribution in [0.4, 0.5) is 0 Å². The van der Waals surface area contributed by atoms with Gasteiger partial charge in [0.15, 0.2) is 0 Å². The average molecular weight is 338 g/mol. The minimum Gasteiger partial charge on any atom is -0.489 e. The molecular weight excluding hydrogens is 308 g/mol. The summed E-state index contributed by atoms with van der Waals surface area (Å²) in [6.07, 6.45) is 1.20. The lowest BCUT2D eigenvalue weighted by atomic mass is 9.90. The molecule has 1 heterocycles. The molecule has 0 radical (unpaired) electrons. The summed E-state index contributed by atoms with van der Waals surface area (Å²) in [6, 6.07) is 19.6. The molecule has 0 saturated carbocycles. The Morgan fingerprint density at radius 2 is 1.68 bits per heavy atom. The first-order valence-corrected chi connectivity index (χ1v) is 9.49. The van der Waals surface area contributed by atoms with Gasteiger partial charge in [0.1, 0.15) is 12.4 Å². The second-order valence-corrected chi connectivity index (χ2v) is 6.96. The summed E-state index contributed by atoms with van der Waals surface area (Å²) in [7, 11) is 0. The standard InChI is InChI=1S/C22H30N2O/c1-3-18(2)22(24-15-13-23-14-16-24)20-9-11-21(12-10-20)25-17-19-7-5-4-6-8-19/h4-12,18,22-23H,3,13-17H2,1-2H3/t18?,22-/m0/s1. The van der Waals surface area contributed by atoms with E-state index in [0.717, 1.165) is 31.9 Å². The highest BCUT2D eigenvalue weighted by Crippen LogP contribution is 2.32. The van der Waals surface area contributed by atoms with E-state index < -0.39 is 0 Å². The number of hydrogen-bond donors (Lipinski definition) is 1. The molecule has 134 valence electrons. The Morgan fingerprint density at radius 1 is 1.00 bits per heavy atom. The number of nitrogens with zero attached hydrogens (tertiary/aromatic N) is 1. The van der Waals surface area contributed by atoms with Crippen molar-refractivity contribution in [3.63, 3.8) is 0 Å². The van der Waals surface area contributed by atoms with Crippen LogP contribution in [0.2, 0.25) is 0 Å². The number of nitrogens with one attached hydrogen (secondary N) is 1. The molecule has 1 unspecified atom stereocenters. The summed E-state index contributed by atoms with van der Waals surface area (Å²) in [4.78, 5) is 2.63. The average Bonchev–Trinajstić information content (AvgIpc) is 2.69. The zero-order valence-electron chi connectivity index (χ0n) is 15.4. The summed E-state index contributed by atoms with van der Waals surface area (Å²) in [5.74, 6) is 1.59. The summed E-state index contributed by atoms with van der Waals surface area (Å²) in [5.41, 5.74) is 2.60. The third-order valence-corrected chi connectivity index (χ3v) is 5.20. The van der Waals surface area contributed by atoms with E-state index in [9.17, 15) is 0 Å². The SMILES string of the molecule is CCC(C)[C@@H](c1ccc(OCc2ccccc2)cc1)N1CCNCC1. The minimum absolute atomic E-state index is 0.496. The van der Waals surface area contributed by atoms with Crippen molar-refractivity contribution in [3.05, 3.63) is 65.7 Å². The van der Waals surface area contributed by atoms with Gasteiger partial charge in [0, 0.05) is 32.2 Å². The highest BCUT2D eigenvalue weighted by molar-refractivity contribution is 5.30. The zero-order chi connectivity index (χ0) is 17.5. The lowest BCUT2D eigenvalue weighted by molar-refractivity contribution is 0.128. The first-order chi connectivity index (χ1) is 12.3. The van der Waals surface area contributed by atoms with Gasteiger partial charge in [0.25, 0.3) is 0 Å². The van der Waals surface area contributed by atoms with E-state index in [1.54, 1.807) is 0 Å². The van der Waals surface area contributed by atoms with Crippen molar-refractivity contribution in [2.45, 2.75) is 32.9 Å². The monoisotopic (exact) mass is 338 g/mol. The predicted octanol–water partition coefficient (Wildman–Crippen LogP) is 4.26. The Morgan fingerprint density at radius 3 is 2.32 bits per heavy atom. The van der Waals surface area contributed by atoms with Crippen molar-refractivity contribution in [2.75, 3.05) is 26.2 Å². The van der Waals surface area contributed by atoms with Gasteiger partial charge in [-0.2, -0.15) is 0 Å². The normalized spacial score (nSPS) is 17.8. The van der Waals surface area contributed by atoms with Crippen molar-refractivity contribution in [3.8, 4) is 5.75 Å². The van der Waals surface area contributed by atoms with Crippen LogP contribution >= 0.6 is 0 Å². The summed E-state index contributed by atoms with van der Waals surface area (Å²) >= 11 is 0. The van der Waals surface area contributed by atoms with Crippen LogP contribution in [0.5, 0.6) is 5.75 Å². The summed E-state index contributed by atoms with van der Waals surface area (Å²) in [6.45, 7) is 9.70. The highest BCUT2D eigenvalue weighted by Gasteiger charge is 2.26. The van der Waals surface area contributed by atoms with Crippen LogP contribution in [-0.2, 0) is 6.61 Å². The molecule has 2 aromatic carbocycles. The number of piperazine rings is 1. The Kier molecular flexibility index (Phi) is 6.48. The number of hydrogen-bond acceptors (Lipinski definition) is 3. The van der Waals surface area contributed by atoms with Crippen molar-refractivity contribution >= 4 is 0 Å². The molecule has 3 heteroatoms. The van der Waals surface area contributed by atoms with Gasteiger partial charge < -0.3 is 10.1 Å². The molecule has 0 amide bonds. The number of ether oxygens (including phenoxy) is 1. The first kappa shape index (κ1) is 18.0. The van der Waals surface area contributed by atoms with E-state index in [2.05, 4.69) is 60.5 Å². The fraction of sp³-hybridized carbons (Fsp3) is 0.455.